The number of hydrogen-bond acceptors (Lipinski definition) is 5. The summed E-state index contributed by atoms with van der Waals surface area (Å²) in [5, 5.41) is 2.55. The van der Waals surface area contributed by atoms with Gasteiger partial charge in [0.1, 0.15) is 11.4 Å². The van der Waals surface area contributed by atoms with Gasteiger partial charge in [0, 0.05) is 0 Å². The Labute approximate surface area is 118 Å². The molecule has 1 rings (SSSR count). The number of carbonyl (C=O) groups is 1. The van der Waals surface area contributed by atoms with E-state index in [-0.39, 0.29) is 12.4 Å². The van der Waals surface area contributed by atoms with E-state index in [9.17, 15) is 13.2 Å². The standard InChI is InChI=1S/C10H16N4O3S.ClH/c1-10(2,14-18(3,16)17)9(15)13-7-4-5-8(11)12-6-7;/h4-6,14H,1-3H3,(H2,11,12)(H,13,15);1H. The van der Waals surface area contributed by atoms with Crippen molar-refractivity contribution in [3.05, 3.63) is 18.3 Å². The van der Waals surface area contributed by atoms with Crippen molar-refractivity contribution < 1.29 is 13.2 Å². The molecule has 0 radical (unpaired) electrons. The molecule has 0 fully saturated rings. The summed E-state index contributed by atoms with van der Waals surface area (Å²) >= 11 is 0. The van der Waals surface area contributed by atoms with E-state index in [0.717, 1.165) is 6.26 Å². The van der Waals surface area contributed by atoms with Gasteiger partial charge in [0.25, 0.3) is 0 Å². The predicted molar refractivity (Wildman–Crippen MR) is 76.6 cm³/mol. The number of halogens is 1. The summed E-state index contributed by atoms with van der Waals surface area (Å²) in [4.78, 5) is 15.7. The van der Waals surface area contributed by atoms with Crippen molar-refractivity contribution in [3.63, 3.8) is 0 Å². The number of aromatic nitrogens is 1. The molecule has 1 aromatic rings. The summed E-state index contributed by atoms with van der Waals surface area (Å²) < 4.78 is 24.5. The monoisotopic (exact) mass is 308 g/mol. The maximum absolute atomic E-state index is 11.9. The van der Waals surface area contributed by atoms with E-state index in [2.05, 4.69) is 15.0 Å². The van der Waals surface area contributed by atoms with Crippen LogP contribution in [0.2, 0.25) is 0 Å². The van der Waals surface area contributed by atoms with Crippen molar-refractivity contribution in [1.82, 2.24) is 9.71 Å². The molecule has 1 heterocycles. The van der Waals surface area contributed by atoms with Crippen LogP contribution in [0.4, 0.5) is 11.5 Å². The first-order chi connectivity index (χ1) is 8.10. The minimum Gasteiger partial charge on any atom is -0.384 e. The van der Waals surface area contributed by atoms with E-state index >= 15 is 0 Å². The molecule has 0 spiro atoms. The van der Waals surface area contributed by atoms with Gasteiger partial charge in [-0.3, -0.25) is 4.79 Å². The number of amides is 1. The van der Waals surface area contributed by atoms with Crippen LogP contribution in [0.1, 0.15) is 13.8 Å². The minimum atomic E-state index is -3.47. The Bertz CT molecular complexity index is 542. The third kappa shape index (κ3) is 5.86. The second-order valence-corrected chi connectivity index (χ2v) is 6.17. The molecule has 0 aliphatic rings. The molecule has 0 saturated heterocycles. The van der Waals surface area contributed by atoms with Crippen LogP contribution in [0, 0.1) is 0 Å². The number of anilines is 2. The molecule has 0 atom stereocenters. The highest BCUT2D eigenvalue weighted by atomic mass is 35.5. The van der Waals surface area contributed by atoms with Crippen molar-refractivity contribution in [2.45, 2.75) is 19.4 Å². The summed E-state index contributed by atoms with van der Waals surface area (Å²) in [7, 11) is -3.47. The molecule has 9 heteroatoms. The molecule has 19 heavy (non-hydrogen) atoms. The second-order valence-electron chi connectivity index (χ2n) is 4.43. The number of rotatable bonds is 4. The van der Waals surface area contributed by atoms with Crippen LogP contribution in [-0.4, -0.2) is 31.1 Å². The van der Waals surface area contributed by atoms with E-state index in [1.807, 2.05) is 0 Å². The molecule has 0 unspecified atom stereocenters. The lowest BCUT2D eigenvalue weighted by Gasteiger charge is -2.23. The number of hydrogen-bond donors (Lipinski definition) is 3. The maximum atomic E-state index is 11.9. The van der Waals surface area contributed by atoms with Gasteiger partial charge < -0.3 is 11.1 Å². The summed E-state index contributed by atoms with van der Waals surface area (Å²) in [6, 6.07) is 3.11. The molecule has 0 aliphatic heterocycles. The molecule has 0 bridgehead atoms. The van der Waals surface area contributed by atoms with Crippen molar-refractivity contribution in [2.24, 2.45) is 0 Å². The second kappa shape index (κ2) is 6.18. The van der Waals surface area contributed by atoms with Gasteiger partial charge in [-0.15, -0.1) is 12.4 Å². The van der Waals surface area contributed by atoms with Crippen molar-refractivity contribution in [2.75, 3.05) is 17.3 Å². The number of nitrogens with one attached hydrogen (secondary N) is 2. The van der Waals surface area contributed by atoms with E-state index < -0.39 is 21.5 Å². The van der Waals surface area contributed by atoms with Crippen molar-refractivity contribution in [3.8, 4) is 0 Å². The Morgan fingerprint density at radius 1 is 1.37 bits per heavy atom. The molecule has 1 aromatic heterocycles. The number of nitrogens with zero attached hydrogens (tertiary/aromatic N) is 1. The molecular formula is C10H17ClN4O3S. The largest absolute Gasteiger partial charge is 0.384 e. The molecule has 7 nitrogen and oxygen atoms in total. The topological polar surface area (TPSA) is 114 Å². The van der Waals surface area contributed by atoms with Crippen LogP contribution in [-0.2, 0) is 14.8 Å². The molecular weight excluding hydrogens is 292 g/mol. The highest BCUT2D eigenvalue weighted by Crippen LogP contribution is 2.11. The average molecular weight is 309 g/mol. The molecule has 0 aromatic carbocycles. The minimum absolute atomic E-state index is 0. The third-order valence-electron chi connectivity index (χ3n) is 2.05. The zero-order chi connectivity index (χ0) is 14.0. The van der Waals surface area contributed by atoms with Gasteiger partial charge in [-0.2, -0.15) is 0 Å². The molecule has 1 amide bonds. The fourth-order valence-corrected chi connectivity index (χ4v) is 2.30. The fraction of sp³-hybridized carbons (Fsp3) is 0.400. The Balaban J connectivity index is 0.00000324. The van der Waals surface area contributed by atoms with Gasteiger partial charge in [0.2, 0.25) is 15.9 Å². The molecule has 4 N–H and O–H groups in total. The number of pyridine rings is 1. The summed E-state index contributed by atoms with van der Waals surface area (Å²) in [6.45, 7) is 2.93. The highest BCUT2D eigenvalue weighted by Gasteiger charge is 2.30. The maximum Gasteiger partial charge on any atom is 0.245 e. The van der Waals surface area contributed by atoms with E-state index in [4.69, 9.17) is 5.73 Å². The van der Waals surface area contributed by atoms with Crippen molar-refractivity contribution >= 4 is 39.8 Å². The smallest absolute Gasteiger partial charge is 0.245 e. The molecule has 0 aliphatic carbocycles. The SMILES string of the molecule is CC(C)(NS(C)(=O)=O)C(=O)Nc1ccc(N)nc1.Cl. The zero-order valence-corrected chi connectivity index (χ0v) is 12.4. The fourth-order valence-electron chi connectivity index (χ4n) is 1.28. The number of sulfonamides is 1. The van der Waals surface area contributed by atoms with Gasteiger partial charge in [0.15, 0.2) is 0 Å². The predicted octanol–water partition coefficient (Wildman–Crippen LogP) is 0.352. The van der Waals surface area contributed by atoms with Crippen LogP contribution in [0.15, 0.2) is 18.3 Å². The van der Waals surface area contributed by atoms with Gasteiger partial charge in [0.05, 0.1) is 18.1 Å². The Morgan fingerprint density at radius 3 is 2.37 bits per heavy atom. The van der Waals surface area contributed by atoms with E-state index in [1.165, 1.54) is 26.1 Å². The van der Waals surface area contributed by atoms with Gasteiger partial charge in [-0.1, -0.05) is 0 Å². The average Bonchev–Trinajstić information content (AvgIpc) is 2.17. The molecule has 108 valence electrons. The van der Waals surface area contributed by atoms with Crippen LogP contribution >= 0.6 is 12.4 Å². The van der Waals surface area contributed by atoms with Crippen LogP contribution in [0.25, 0.3) is 0 Å². The summed E-state index contributed by atoms with van der Waals surface area (Å²) in [5.74, 6) is -0.152. The van der Waals surface area contributed by atoms with Crippen LogP contribution < -0.4 is 15.8 Å². The van der Waals surface area contributed by atoms with Crippen LogP contribution in [0.5, 0.6) is 0 Å². The van der Waals surface area contributed by atoms with E-state index in [1.54, 1.807) is 6.07 Å². The zero-order valence-electron chi connectivity index (χ0n) is 10.8. The Kier molecular flexibility index (Phi) is 5.73. The number of carbonyl (C=O) groups excluding carboxylic acids is 1. The summed E-state index contributed by atoms with van der Waals surface area (Å²) in [6.07, 6.45) is 2.39. The lowest BCUT2D eigenvalue weighted by Crippen LogP contribution is -2.51. The van der Waals surface area contributed by atoms with E-state index in [0.29, 0.717) is 11.5 Å². The Hall–Kier alpha value is -1.38. The lowest BCUT2D eigenvalue weighted by molar-refractivity contribution is -0.120. The first kappa shape index (κ1) is 17.6. The quantitative estimate of drug-likeness (QED) is 0.742. The van der Waals surface area contributed by atoms with Gasteiger partial charge >= 0.3 is 0 Å². The first-order valence-corrected chi connectivity index (χ1v) is 7.01. The molecule has 0 saturated carbocycles. The van der Waals surface area contributed by atoms with Gasteiger partial charge in [-0.25, -0.2) is 18.1 Å². The van der Waals surface area contributed by atoms with Crippen molar-refractivity contribution in [1.29, 1.82) is 0 Å². The Morgan fingerprint density at radius 2 is 1.95 bits per heavy atom. The highest BCUT2D eigenvalue weighted by molar-refractivity contribution is 7.88. The lowest BCUT2D eigenvalue weighted by atomic mass is 10.1. The third-order valence-corrected chi connectivity index (χ3v) is 2.93. The first-order valence-electron chi connectivity index (χ1n) is 5.12. The number of nitrogen functional groups attached to an aromatic ring is 1. The van der Waals surface area contributed by atoms with Gasteiger partial charge in [-0.05, 0) is 26.0 Å². The van der Waals surface area contributed by atoms with Crippen LogP contribution in [0.3, 0.4) is 0 Å². The normalized spacial score (nSPS) is 11.5. The summed E-state index contributed by atoms with van der Waals surface area (Å²) in [5.41, 5.74) is 4.60. The number of nitrogens with two attached hydrogens (primary N) is 1.